The van der Waals surface area contributed by atoms with E-state index in [1.54, 1.807) is 0 Å². The molecular formula is C16H28N4O2. The molecule has 0 bridgehead atoms. The lowest BCUT2D eigenvalue weighted by Crippen LogP contribution is -2.51. The zero-order chi connectivity index (χ0) is 15.5. The molecule has 124 valence electrons. The molecule has 3 aliphatic heterocycles. The predicted octanol–water partition coefficient (Wildman–Crippen LogP) is 0.735. The van der Waals surface area contributed by atoms with Gasteiger partial charge in [-0.3, -0.25) is 4.79 Å². The van der Waals surface area contributed by atoms with Crippen LogP contribution in [0.5, 0.6) is 0 Å². The molecular weight excluding hydrogens is 280 g/mol. The van der Waals surface area contributed by atoms with Crippen LogP contribution in [-0.4, -0.2) is 79.0 Å². The first-order chi connectivity index (χ1) is 10.7. The van der Waals surface area contributed by atoms with Crippen molar-refractivity contribution in [2.24, 2.45) is 5.92 Å². The molecule has 1 N–H and O–H groups in total. The standard InChI is InChI=1S/C16H28N4O2/c1-18(14-6-7-17-11-14)15(21)13-5-4-10-20(12-13)16(22)19-8-2-3-9-19/h13-14,17H,2-12H2,1H3. The van der Waals surface area contributed by atoms with Crippen LogP contribution in [0.3, 0.4) is 0 Å². The Morgan fingerprint density at radius 1 is 1.05 bits per heavy atom. The Kier molecular flexibility index (Phi) is 4.86. The smallest absolute Gasteiger partial charge is 0.320 e. The lowest BCUT2D eigenvalue weighted by atomic mass is 9.96. The normalized spacial score (nSPS) is 29.0. The molecule has 6 nitrogen and oxygen atoms in total. The number of hydrogen-bond acceptors (Lipinski definition) is 3. The van der Waals surface area contributed by atoms with E-state index >= 15 is 0 Å². The highest BCUT2D eigenvalue weighted by Crippen LogP contribution is 2.22. The third-order valence-corrected chi connectivity index (χ3v) is 5.35. The fourth-order valence-electron chi connectivity index (χ4n) is 3.90. The van der Waals surface area contributed by atoms with Crippen molar-refractivity contribution in [3.8, 4) is 0 Å². The van der Waals surface area contributed by atoms with Gasteiger partial charge in [0.25, 0.3) is 0 Å². The molecule has 3 fully saturated rings. The van der Waals surface area contributed by atoms with E-state index in [2.05, 4.69) is 5.32 Å². The van der Waals surface area contributed by atoms with Crippen LogP contribution in [0.4, 0.5) is 4.79 Å². The Bertz CT molecular complexity index is 416. The van der Waals surface area contributed by atoms with Crippen molar-refractivity contribution < 1.29 is 9.59 Å². The average molecular weight is 308 g/mol. The zero-order valence-corrected chi connectivity index (χ0v) is 13.6. The highest BCUT2D eigenvalue weighted by Gasteiger charge is 2.34. The summed E-state index contributed by atoms with van der Waals surface area (Å²) in [4.78, 5) is 31.0. The van der Waals surface area contributed by atoms with Gasteiger partial charge in [-0.2, -0.15) is 0 Å². The summed E-state index contributed by atoms with van der Waals surface area (Å²) in [7, 11) is 1.92. The van der Waals surface area contributed by atoms with Crippen LogP contribution in [0.15, 0.2) is 0 Å². The largest absolute Gasteiger partial charge is 0.341 e. The summed E-state index contributed by atoms with van der Waals surface area (Å²) in [5, 5.41) is 3.31. The molecule has 0 radical (unpaired) electrons. The van der Waals surface area contributed by atoms with Crippen LogP contribution in [0, 0.1) is 5.92 Å². The molecule has 0 saturated carbocycles. The van der Waals surface area contributed by atoms with Crippen molar-refractivity contribution in [1.82, 2.24) is 20.0 Å². The Hall–Kier alpha value is -1.30. The molecule has 6 heteroatoms. The number of likely N-dealkylation sites (tertiary alicyclic amines) is 2. The maximum absolute atomic E-state index is 12.7. The highest BCUT2D eigenvalue weighted by atomic mass is 16.2. The van der Waals surface area contributed by atoms with Gasteiger partial charge in [0.15, 0.2) is 0 Å². The first kappa shape index (κ1) is 15.6. The monoisotopic (exact) mass is 308 g/mol. The van der Waals surface area contributed by atoms with Crippen molar-refractivity contribution in [3.05, 3.63) is 0 Å². The summed E-state index contributed by atoms with van der Waals surface area (Å²) >= 11 is 0. The van der Waals surface area contributed by atoms with E-state index in [0.717, 1.165) is 64.8 Å². The van der Waals surface area contributed by atoms with E-state index in [1.165, 1.54) is 0 Å². The molecule has 0 aromatic carbocycles. The quantitative estimate of drug-likeness (QED) is 0.818. The number of hydrogen-bond donors (Lipinski definition) is 1. The Labute approximate surface area is 132 Å². The lowest BCUT2D eigenvalue weighted by molar-refractivity contribution is -0.137. The molecule has 3 amide bonds. The molecule has 2 atom stereocenters. The van der Waals surface area contributed by atoms with Gasteiger partial charge in [0, 0.05) is 45.8 Å². The number of carbonyl (C=O) groups excluding carboxylic acids is 2. The van der Waals surface area contributed by atoms with Crippen LogP contribution < -0.4 is 5.32 Å². The van der Waals surface area contributed by atoms with Gasteiger partial charge >= 0.3 is 6.03 Å². The number of urea groups is 1. The summed E-state index contributed by atoms with van der Waals surface area (Å²) in [6.07, 6.45) is 5.10. The van der Waals surface area contributed by atoms with Gasteiger partial charge in [-0.25, -0.2) is 4.79 Å². The molecule has 0 spiro atoms. The minimum absolute atomic E-state index is 0.0223. The summed E-state index contributed by atoms with van der Waals surface area (Å²) < 4.78 is 0. The van der Waals surface area contributed by atoms with Crippen LogP contribution in [0.2, 0.25) is 0 Å². The van der Waals surface area contributed by atoms with E-state index in [9.17, 15) is 9.59 Å². The van der Waals surface area contributed by atoms with Crippen LogP contribution in [-0.2, 0) is 4.79 Å². The van der Waals surface area contributed by atoms with E-state index in [-0.39, 0.29) is 17.9 Å². The fraction of sp³-hybridized carbons (Fsp3) is 0.875. The summed E-state index contributed by atoms with van der Waals surface area (Å²) in [5.41, 5.74) is 0. The number of likely N-dealkylation sites (N-methyl/N-ethyl adjacent to an activating group) is 1. The number of amides is 3. The minimum Gasteiger partial charge on any atom is -0.341 e. The highest BCUT2D eigenvalue weighted by molar-refractivity contribution is 5.81. The van der Waals surface area contributed by atoms with Crippen LogP contribution in [0.1, 0.15) is 32.1 Å². The van der Waals surface area contributed by atoms with Gasteiger partial charge in [0.1, 0.15) is 0 Å². The fourth-order valence-corrected chi connectivity index (χ4v) is 3.90. The van der Waals surface area contributed by atoms with E-state index in [1.807, 2.05) is 21.7 Å². The van der Waals surface area contributed by atoms with Gasteiger partial charge in [-0.15, -0.1) is 0 Å². The Morgan fingerprint density at radius 2 is 1.77 bits per heavy atom. The molecule has 3 heterocycles. The third-order valence-electron chi connectivity index (χ3n) is 5.35. The molecule has 0 aromatic rings. The van der Waals surface area contributed by atoms with E-state index in [4.69, 9.17) is 0 Å². The topological polar surface area (TPSA) is 55.9 Å². The molecule has 2 unspecified atom stereocenters. The molecule has 3 aliphatic rings. The van der Waals surface area contributed by atoms with E-state index < -0.39 is 0 Å². The van der Waals surface area contributed by atoms with Gasteiger partial charge in [-0.05, 0) is 38.6 Å². The number of nitrogens with zero attached hydrogens (tertiary/aromatic N) is 3. The molecule has 22 heavy (non-hydrogen) atoms. The minimum atomic E-state index is -0.0223. The van der Waals surface area contributed by atoms with Crippen molar-refractivity contribution in [2.75, 3.05) is 46.3 Å². The summed E-state index contributed by atoms with van der Waals surface area (Å²) in [5.74, 6) is 0.193. The predicted molar refractivity (Wildman–Crippen MR) is 84.5 cm³/mol. The van der Waals surface area contributed by atoms with Gasteiger partial charge in [0.2, 0.25) is 5.91 Å². The molecule has 0 aromatic heterocycles. The molecule has 3 rings (SSSR count). The second-order valence-corrected chi connectivity index (χ2v) is 6.86. The van der Waals surface area contributed by atoms with Gasteiger partial charge < -0.3 is 20.0 Å². The Morgan fingerprint density at radius 3 is 2.45 bits per heavy atom. The summed E-state index contributed by atoms with van der Waals surface area (Å²) in [6.45, 7) is 5.04. The van der Waals surface area contributed by atoms with Crippen molar-refractivity contribution in [1.29, 1.82) is 0 Å². The second kappa shape index (κ2) is 6.86. The van der Waals surface area contributed by atoms with Crippen molar-refractivity contribution in [3.63, 3.8) is 0 Å². The average Bonchev–Trinajstić information content (AvgIpc) is 3.25. The second-order valence-electron chi connectivity index (χ2n) is 6.86. The maximum atomic E-state index is 12.7. The van der Waals surface area contributed by atoms with Crippen LogP contribution in [0.25, 0.3) is 0 Å². The Balaban J connectivity index is 1.57. The number of carbonyl (C=O) groups is 2. The molecule has 3 saturated heterocycles. The number of rotatable bonds is 2. The first-order valence-electron chi connectivity index (χ1n) is 8.68. The van der Waals surface area contributed by atoms with Gasteiger partial charge in [-0.1, -0.05) is 0 Å². The molecule has 0 aliphatic carbocycles. The zero-order valence-electron chi connectivity index (χ0n) is 13.6. The van der Waals surface area contributed by atoms with Crippen LogP contribution >= 0.6 is 0 Å². The first-order valence-corrected chi connectivity index (χ1v) is 8.68. The SMILES string of the molecule is CN(C(=O)C1CCCN(C(=O)N2CCCC2)C1)C1CCNC1. The third kappa shape index (κ3) is 3.21. The number of nitrogens with one attached hydrogen (secondary N) is 1. The lowest BCUT2D eigenvalue weighted by Gasteiger charge is -2.37. The number of piperidine rings is 1. The van der Waals surface area contributed by atoms with Crippen molar-refractivity contribution >= 4 is 11.9 Å². The maximum Gasteiger partial charge on any atom is 0.320 e. The summed E-state index contributed by atoms with van der Waals surface area (Å²) in [6, 6.07) is 0.456. The van der Waals surface area contributed by atoms with Crippen molar-refractivity contribution in [2.45, 2.75) is 38.1 Å². The van der Waals surface area contributed by atoms with E-state index in [0.29, 0.717) is 12.6 Å². The van der Waals surface area contributed by atoms with Gasteiger partial charge in [0.05, 0.1) is 5.92 Å².